The van der Waals surface area contributed by atoms with Crippen LogP contribution in [0.25, 0.3) is 0 Å². The van der Waals surface area contributed by atoms with Crippen LogP contribution in [0.3, 0.4) is 0 Å². The molecule has 0 fully saturated rings. The average Bonchev–Trinajstić information content (AvgIpc) is 2.47. The van der Waals surface area contributed by atoms with Gasteiger partial charge >= 0.3 is 5.97 Å². The molecule has 124 valence electrons. The van der Waals surface area contributed by atoms with E-state index in [0.29, 0.717) is 12.5 Å². The van der Waals surface area contributed by atoms with Gasteiger partial charge in [0.2, 0.25) is 5.91 Å². The molecule has 1 amide bonds. The van der Waals surface area contributed by atoms with E-state index in [1.54, 1.807) is 0 Å². The van der Waals surface area contributed by atoms with Crippen molar-refractivity contribution in [2.24, 2.45) is 29.4 Å². The Labute approximate surface area is 128 Å². The van der Waals surface area contributed by atoms with Gasteiger partial charge in [0.15, 0.2) is 0 Å². The molecule has 4 unspecified atom stereocenters. The zero-order valence-electron chi connectivity index (χ0n) is 14.1. The van der Waals surface area contributed by atoms with Crippen molar-refractivity contribution in [2.75, 3.05) is 6.54 Å². The normalized spacial score (nSPS) is 18.4. The second kappa shape index (κ2) is 9.77. The molecule has 0 rings (SSSR count). The number of aliphatic carboxylic acids is 1. The van der Waals surface area contributed by atoms with Crippen molar-refractivity contribution in [1.29, 1.82) is 0 Å². The van der Waals surface area contributed by atoms with Crippen LogP contribution in [0.5, 0.6) is 0 Å². The molecule has 5 nitrogen and oxygen atoms in total. The van der Waals surface area contributed by atoms with E-state index in [9.17, 15) is 9.59 Å². The van der Waals surface area contributed by atoms with Crippen LogP contribution in [0.15, 0.2) is 0 Å². The zero-order valence-corrected chi connectivity index (χ0v) is 14.1. The molecule has 5 atom stereocenters. The number of nitrogens with one attached hydrogen (secondary N) is 1. The van der Waals surface area contributed by atoms with E-state index >= 15 is 0 Å². The van der Waals surface area contributed by atoms with Gasteiger partial charge in [-0.2, -0.15) is 0 Å². The van der Waals surface area contributed by atoms with Gasteiger partial charge < -0.3 is 16.2 Å². The Morgan fingerprint density at radius 3 is 2.05 bits per heavy atom. The minimum atomic E-state index is -0.823. The summed E-state index contributed by atoms with van der Waals surface area (Å²) in [5.74, 6) is -0.284. The van der Waals surface area contributed by atoms with Crippen molar-refractivity contribution in [1.82, 2.24) is 5.32 Å². The second-order valence-electron chi connectivity index (χ2n) is 6.26. The van der Waals surface area contributed by atoms with Crippen LogP contribution in [0, 0.1) is 23.7 Å². The molecule has 0 aromatic heterocycles. The van der Waals surface area contributed by atoms with Crippen molar-refractivity contribution < 1.29 is 14.7 Å². The third-order valence-corrected chi connectivity index (χ3v) is 4.82. The van der Waals surface area contributed by atoms with Gasteiger partial charge in [-0.15, -0.1) is 0 Å². The maximum atomic E-state index is 12.0. The summed E-state index contributed by atoms with van der Waals surface area (Å²) in [7, 11) is 0. The molecule has 4 N–H and O–H groups in total. The molecule has 0 aliphatic rings. The Kier molecular flexibility index (Phi) is 9.26. The topological polar surface area (TPSA) is 92.4 Å². The Balaban J connectivity index is 4.61. The summed E-state index contributed by atoms with van der Waals surface area (Å²) in [5, 5.41) is 11.9. The van der Waals surface area contributed by atoms with Crippen LogP contribution in [0.2, 0.25) is 0 Å². The fraction of sp³-hybridized carbons (Fsp3) is 0.875. The standard InChI is InChI=1S/C16H32N2O3/c1-6-10(3)12(5)13(8-14(19)20)9-18-16(21)15(17)11(4)7-2/h10-13,15H,6-9,17H2,1-5H3,(H,18,21)(H,19,20)/t10?,11?,12?,13?,15-/m0/s1. The molecule has 0 radical (unpaired) electrons. The number of nitrogens with two attached hydrogens (primary N) is 1. The van der Waals surface area contributed by atoms with Crippen LogP contribution in [0.1, 0.15) is 53.9 Å². The lowest BCUT2D eigenvalue weighted by Crippen LogP contribution is -2.46. The van der Waals surface area contributed by atoms with Crippen molar-refractivity contribution in [3.05, 3.63) is 0 Å². The van der Waals surface area contributed by atoms with Crippen molar-refractivity contribution in [3.8, 4) is 0 Å². The lowest BCUT2D eigenvalue weighted by molar-refractivity contribution is -0.139. The minimum absolute atomic E-state index is 0.0643. The number of hydrogen-bond donors (Lipinski definition) is 3. The summed E-state index contributed by atoms with van der Waals surface area (Å²) < 4.78 is 0. The summed E-state index contributed by atoms with van der Waals surface area (Å²) in [5.41, 5.74) is 5.89. The molecule has 0 aliphatic heterocycles. The molecule has 5 heteroatoms. The SMILES string of the molecule is CCC(C)C(C)C(CNC(=O)[C@@H](N)C(C)CC)CC(=O)O. The van der Waals surface area contributed by atoms with Crippen LogP contribution >= 0.6 is 0 Å². The smallest absolute Gasteiger partial charge is 0.303 e. The second-order valence-corrected chi connectivity index (χ2v) is 6.26. The van der Waals surface area contributed by atoms with E-state index in [0.717, 1.165) is 12.8 Å². The largest absolute Gasteiger partial charge is 0.481 e. The summed E-state index contributed by atoms with van der Waals surface area (Å²) in [6.07, 6.45) is 1.92. The monoisotopic (exact) mass is 300 g/mol. The predicted molar refractivity (Wildman–Crippen MR) is 84.8 cm³/mol. The third-order valence-electron chi connectivity index (χ3n) is 4.82. The molecule has 0 saturated heterocycles. The average molecular weight is 300 g/mol. The molecule has 0 aromatic rings. The first kappa shape index (κ1) is 19.9. The van der Waals surface area contributed by atoms with Gasteiger partial charge in [-0.25, -0.2) is 0 Å². The van der Waals surface area contributed by atoms with Gasteiger partial charge in [0.05, 0.1) is 12.5 Å². The summed E-state index contributed by atoms with van der Waals surface area (Å²) >= 11 is 0. The fourth-order valence-corrected chi connectivity index (χ4v) is 2.37. The van der Waals surface area contributed by atoms with Gasteiger partial charge in [0.25, 0.3) is 0 Å². The van der Waals surface area contributed by atoms with Crippen LogP contribution < -0.4 is 11.1 Å². The quantitative estimate of drug-likeness (QED) is 0.577. The van der Waals surface area contributed by atoms with E-state index < -0.39 is 12.0 Å². The van der Waals surface area contributed by atoms with E-state index in [1.807, 2.05) is 13.8 Å². The van der Waals surface area contributed by atoms with Crippen LogP contribution in [0.4, 0.5) is 0 Å². The van der Waals surface area contributed by atoms with Gasteiger partial charge in [0, 0.05) is 6.54 Å². The van der Waals surface area contributed by atoms with Gasteiger partial charge in [0.1, 0.15) is 0 Å². The Morgan fingerprint density at radius 2 is 1.62 bits per heavy atom. The lowest BCUT2D eigenvalue weighted by Gasteiger charge is -2.28. The maximum Gasteiger partial charge on any atom is 0.303 e. The highest BCUT2D eigenvalue weighted by Crippen LogP contribution is 2.25. The van der Waals surface area contributed by atoms with E-state index in [-0.39, 0.29) is 30.1 Å². The number of amides is 1. The Morgan fingerprint density at radius 1 is 1.10 bits per heavy atom. The first-order chi connectivity index (χ1) is 9.74. The zero-order chi connectivity index (χ0) is 16.6. The Bertz CT molecular complexity index is 333. The highest BCUT2D eigenvalue weighted by Gasteiger charge is 2.26. The molecule has 0 saturated carbocycles. The number of carbonyl (C=O) groups is 2. The number of carboxylic acid groups (broad SMARTS) is 1. The molecular weight excluding hydrogens is 268 g/mol. The highest BCUT2D eigenvalue weighted by molar-refractivity contribution is 5.81. The summed E-state index contributed by atoms with van der Waals surface area (Å²) in [4.78, 5) is 23.0. The van der Waals surface area contributed by atoms with Gasteiger partial charge in [-0.3, -0.25) is 9.59 Å². The first-order valence-electron chi connectivity index (χ1n) is 7.99. The molecule has 0 aliphatic carbocycles. The van der Waals surface area contributed by atoms with E-state index in [4.69, 9.17) is 10.8 Å². The summed E-state index contributed by atoms with van der Waals surface area (Å²) in [6.45, 7) is 10.6. The number of carbonyl (C=O) groups excluding carboxylic acids is 1. The lowest BCUT2D eigenvalue weighted by atomic mass is 9.80. The third kappa shape index (κ3) is 6.93. The Hall–Kier alpha value is -1.10. The van der Waals surface area contributed by atoms with Gasteiger partial charge in [-0.1, -0.05) is 47.5 Å². The molecule has 0 aromatic carbocycles. The molecule has 0 bridgehead atoms. The van der Waals surface area contributed by atoms with Crippen LogP contribution in [-0.2, 0) is 9.59 Å². The summed E-state index contributed by atoms with van der Waals surface area (Å²) in [6, 6.07) is -0.528. The molecule has 21 heavy (non-hydrogen) atoms. The van der Waals surface area contributed by atoms with E-state index in [1.165, 1.54) is 0 Å². The predicted octanol–water partition coefficient (Wildman–Crippen LogP) is 2.25. The molecule has 0 heterocycles. The van der Waals surface area contributed by atoms with Crippen molar-refractivity contribution in [3.63, 3.8) is 0 Å². The number of hydrogen-bond acceptors (Lipinski definition) is 3. The molecule has 0 spiro atoms. The van der Waals surface area contributed by atoms with Crippen molar-refractivity contribution in [2.45, 2.75) is 59.9 Å². The van der Waals surface area contributed by atoms with Gasteiger partial charge in [-0.05, 0) is 23.7 Å². The van der Waals surface area contributed by atoms with Crippen LogP contribution in [-0.4, -0.2) is 29.6 Å². The number of carboxylic acids is 1. The van der Waals surface area contributed by atoms with Crippen molar-refractivity contribution >= 4 is 11.9 Å². The molecular formula is C16H32N2O3. The van der Waals surface area contributed by atoms with E-state index in [2.05, 4.69) is 26.1 Å². The fourth-order valence-electron chi connectivity index (χ4n) is 2.37. The number of rotatable bonds is 10. The maximum absolute atomic E-state index is 12.0. The first-order valence-corrected chi connectivity index (χ1v) is 7.99. The minimum Gasteiger partial charge on any atom is -0.481 e. The highest BCUT2D eigenvalue weighted by atomic mass is 16.4.